The molecule has 0 aromatic heterocycles. The maximum atomic E-state index is 11.6. The molecule has 1 unspecified atom stereocenters. The second-order valence-corrected chi connectivity index (χ2v) is 4.57. The number of nitrogens with one attached hydrogen (secondary N) is 1. The summed E-state index contributed by atoms with van der Waals surface area (Å²) in [5.41, 5.74) is 0. The van der Waals surface area contributed by atoms with E-state index in [9.17, 15) is 4.79 Å². The van der Waals surface area contributed by atoms with E-state index in [1.807, 2.05) is 0 Å². The number of hydrogen-bond acceptors (Lipinski definition) is 3. The molecule has 1 rings (SSSR count). The van der Waals surface area contributed by atoms with Crippen LogP contribution in [0.2, 0.25) is 0 Å². The number of hydrogen-bond donors (Lipinski definition) is 1. The van der Waals surface area contributed by atoms with Crippen LogP contribution in [0.15, 0.2) is 0 Å². The first-order valence-corrected chi connectivity index (χ1v) is 6.11. The van der Waals surface area contributed by atoms with Gasteiger partial charge in [0.1, 0.15) is 0 Å². The van der Waals surface area contributed by atoms with E-state index in [0.29, 0.717) is 12.5 Å². The van der Waals surface area contributed by atoms with Gasteiger partial charge in [-0.3, -0.25) is 4.79 Å². The third-order valence-corrected chi connectivity index (χ3v) is 2.92. The summed E-state index contributed by atoms with van der Waals surface area (Å²) in [7, 11) is 0. The van der Waals surface area contributed by atoms with Gasteiger partial charge in [0, 0.05) is 6.54 Å². The van der Waals surface area contributed by atoms with Gasteiger partial charge in [-0.25, -0.2) is 0 Å². The summed E-state index contributed by atoms with van der Waals surface area (Å²) in [6, 6.07) is 0. The number of ether oxygens (including phenoxy) is 1. The van der Waals surface area contributed by atoms with Crippen molar-refractivity contribution in [2.24, 2.45) is 11.8 Å². The minimum absolute atomic E-state index is 0.00912. The molecule has 3 nitrogen and oxygen atoms in total. The average Bonchev–Trinajstić information content (AvgIpc) is 2.27. The number of carbonyl (C=O) groups excluding carboxylic acids is 1. The molecule has 15 heavy (non-hydrogen) atoms. The van der Waals surface area contributed by atoms with Crippen LogP contribution < -0.4 is 5.32 Å². The Kier molecular flexibility index (Phi) is 5.69. The summed E-state index contributed by atoms with van der Waals surface area (Å²) in [5, 5.41) is 3.23. The van der Waals surface area contributed by atoms with Crippen LogP contribution in [-0.4, -0.2) is 25.7 Å². The van der Waals surface area contributed by atoms with Crippen LogP contribution in [0.5, 0.6) is 0 Å². The van der Waals surface area contributed by atoms with Crippen molar-refractivity contribution in [3.63, 3.8) is 0 Å². The summed E-state index contributed by atoms with van der Waals surface area (Å²) < 4.78 is 5.32. The topological polar surface area (TPSA) is 38.3 Å². The van der Waals surface area contributed by atoms with Gasteiger partial charge in [-0.1, -0.05) is 20.3 Å². The minimum atomic E-state index is -0.00912. The SMILES string of the molecule is CCCC(C)COC(=O)[C@H]1CCCNC1. The third kappa shape index (κ3) is 4.65. The van der Waals surface area contributed by atoms with Crippen LogP contribution in [0.25, 0.3) is 0 Å². The van der Waals surface area contributed by atoms with Gasteiger partial charge >= 0.3 is 5.97 Å². The molecule has 1 fully saturated rings. The van der Waals surface area contributed by atoms with Gasteiger partial charge in [0.25, 0.3) is 0 Å². The largest absolute Gasteiger partial charge is 0.465 e. The molecule has 88 valence electrons. The maximum absolute atomic E-state index is 11.6. The first-order valence-electron chi connectivity index (χ1n) is 6.11. The molecule has 0 bridgehead atoms. The summed E-state index contributed by atoms with van der Waals surface area (Å²) in [6.07, 6.45) is 4.36. The Bertz CT molecular complexity index is 188. The van der Waals surface area contributed by atoms with E-state index < -0.39 is 0 Å². The van der Waals surface area contributed by atoms with E-state index in [4.69, 9.17) is 4.74 Å². The predicted molar refractivity (Wildman–Crippen MR) is 60.6 cm³/mol. The smallest absolute Gasteiger partial charge is 0.310 e. The second-order valence-electron chi connectivity index (χ2n) is 4.57. The second kappa shape index (κ2) is 6.83. The summed E-state index contributed by atoms with van der Waals surface area (Å²) >= 11 is 0. The molecule has 0 saturated carbocycles. The van der Waals surface area contributed by atoms with Crippen LogP contribution in [-0.2, 0) is 9.53 Å². The quantitative estimate of drug-likeness (QED) is 0.710. The third-order valence-electron chi connectivity index (χ3n) is 2.92. The van der Waals surface area contributed by atoms with E-state index in [1.165, 1.54) is 0 Å². The van der Waals surface area contributed by atoms with Crippen LogP contribution in [0.1, 0.15) is 39.5 Å². The minimum Gasteiger partial charge on any atom is -0.465 e. The summed E-state index contributed by atoms with van der Waals surface area (Å²) in [4.78, 5) is 11.6. The standard InChI is InChI=1S/C12H23NO2/c1-3-5-10(2)9-15-12(14)11-6-4-7-13-8-11/h10-11,13H,3-9H2,1-2H3/t10?,11-/m0/s1. The lowest BCUT2D eigenvalue weighted by atomic mass is 10.00. The molecular weight excluding hydrogens is 190 g/mol. The first-order chi connectivity index (χ1) is 7.24. The molecule has 0 radical (unpaired) electrons. The molecule has 0 aromatic carbocycles. The van der Waals surface area contributed by atoms with Crippen molar-refractivity contribution in [3.05, 3.63) is 0 Å². The van der Waals surface area contributed by atoms with Gasteiger partial charge in [0.2, 0.25) is 0 Å². The van der Waals surface area contributed by atoms with Crippen molar-refractivity contribution >= 4 is 5.97 Å². The summed E-state index contributed by atoms with van der Waals surface area (Å²) in [5.74, 6) is 0.577. The van der Waals surface area contributed by atoms with Crippen molar-refractivity contribution < 1.29 is 9.53 Å². The maximum Gasteiger partial charge on any atom is 0.310 e. The highest BCUT2D eigenvalue weighted by Gasteiger charge is 2.22. The molecule has 0 amide bonds. The van der Waals surface area contributed by atoms with Crippen LogP contribution in [0.3, 0.4) is 0 Å². The highest BCUT2D eigenvalue weighted by molar-refractivity contribution is 5.72. The van der Waals surface area contributed by atoms with E-state index in [-0.39, 0.29) is 11.9 Å². The molecular formula is C12H23NO2. The van der Waals surface area contributed by atoms with Gasteiger partial charge < -0.3 is 10.1 Å². The normalized spacial score (nSPS) is 23.5. The lowest BCUT2D eigenvalue weighted by molar-refractivity contribution is -0.150. The van der Waals surface area contributed by atoms with Gasteiger partial charge in [0.15, 0.2) is 0 Å². The van der Waals surface area contributed by atoms with Crippen LogP contribution in [0.4, 0.5) is 0 Å². The number of esters is 1. The van der Waals surface area contributed by atoms with Crippen molar-refractivity contribution in [2.45, 2.75) is 39.5 Å². The molecule has 0 aliphatic carbocycles. The number of piperidine rings is 1. The molecule has 0 aromatic rings. The van der Waals surface area contributed by atoms with Crippen molar-refractivity contribution in [2.75, 3.05) is 19.7 Å². The molecule has 1 aliphatic rings. The Morgan fingerprint density at radius 1 is 1.60 bits per heavy atom. The van der Waals surface area contributed by atoms with Gasteiger partial charge in [-0.05, 0) is 31.7 Å². The lowest BCUT2D eigenvalue weighted by Gasteiger charge is -2.22. The van der Waals surface area contributed by atoms with Crippen LogP contribution >= 0.6 is 0 Å². The average molecular weight is 213 g/mol. The highest BCUT2D eigenvalue weighted by Crippen LogP contribution is 2.13. The van der Waals surface area contributed by atoms with Crippen LogP contribution in [0, 0.1) is 11.8 Å². The zero-order valence-corrected chi connectivity index (χ0v) is 9.92. The number of rotatable bonds is 5. The molecule has 1 saturated heterocycles. The van der Waals surface area contributed by atoms with E-state index in [2.05, 4.69) is 19.2 Å². The van der Waals surface area contributed by atoms with E-state index in [1.54, 1.807) is 0 Å². The summed E-state index contributed by atoms with van der Waals surface area (Å²) in [6.45, 7) is 6.71. The van der Waals surface area contributed by atoms with Crippen molar-refractivity contribution in [1.29, 1.82) is 0 Å². The van der Waals surface area contributed by atoms with E-state index in [0.717, 1.165) is 38.8 Å². The Morgan fingerprint density at radius 2 is 2.40 bits per heavy atom. The molecule has 1 heterocycles. The highest BCUT2D eigenvalue weighted by atomic mass is 16.5. The molecule has 3 heteroatoms. The first kappa shape index (κ1) is 12.5. The Hall–Kier alpha value is -0.570. The number of carbonyl (C=O) groups is 1. The fraction of sp³-hybridized carbons (Fsp3) is 0.917. The molecule has 2 atom stereocenters. The zero-order chi connectivity index (χ0) is 11.1. The lowest BCUT2D eigenvalue weighted by Crippen LogP contribution is -2.35. The predicted octanol–water partition coefficient (Wildman–Crippen LogP) is 1.97. The Labute approximate surface area is 92.6 Å². The Balaban J connectivity index is 2.16. The van der Waals surface area contributed by atoms with E-state index >= 15 is 0 Å². The van der Waals surface area contributed by atoms with Gasteiger partial charge in [-0.15, -0.1) is 0 Å². The zero-order valence-electron chi connectivity index (χ0n) is 9.92. The molecule has 1 aliphatic heterocycles. The van der Waals surface area contributed by atoms with Gasteiger partial charge in [0.05, 0.1) is 12.5 Å². The van der Waals surface area contributed by atoms with Crippen molar-refractivity contribution in [3.8, 4) is 0 Å². The fourth-order valence-corrected chi connectivity index (χ4v) is 1.97. The van der Waals surface area contributed by atoms with Gasteiger partial charge in [-0.2, -0.15) is 0 Å². The molecule has 0 spiro atoms. The monoisotopic (exact) mass is 213 g/mol. The fourth-order valence-electron chi connectivity index (χ4n) is 1.97. The van der Waals surface area contributed by atoms with Crippen molar-refractivity contribution in [1.82, 2.24) is 5.32 Å². The molecule has 1 N–H and O–H groups in total. The Morgan fingerprint density at radius 3 is 3.00 bits per heavy atom.